The van der Waals surface area contributed by atoms with Crippen molar-refractivity contribution in [1.29, 1.82) is 0 Å². The van der Waals surface area contributed by atoms with Gasteiger partial charge < -0.3 is 16.0 Å². The van der Waals surface area contributed by atoms with E-state index < -0.39 is 0 Å². The molecule has 1 aliphatic rings. The Morgan fingerprint density at radius 3 is 2.50 bits per heavy atom. The minimum Gasteiger partial charge on any atom is -0.396 e. The molecule has 0 amide bonds. The van der Waals surface area contributed by atoms with Gasteiger partial charge in [0.2, 0.25) is 0 Å². The Kier molecular flexibility index (Phi) is 3.78. The zero-order valence-electron chi connectivity index (χ0n) is 11.1. The molecule has 1 aromatic heterocycles. The van der Waals surface area contributed by atoms with Gasteiger partial charge in [-0.2, -0.15) is 0 Å². The van der Waals surface area contributed by atoms with Crippen molar-refractivity contribution < 1.29 is 0 Å². The van der Waals surface area contributed by atoms with E-state index in [1.807, 2.05) is 6.07 Å². The summed E-state index contributed by atoms with van der Waals surface area (Å²) in [5.74, 6) is 0.683. The minimum absolute atomic E-state index is 0.628. The van der Waals surface area contributed by atoms with E-state index >= 15 is 0 Å². The number of benzene rings is 1. The Morgan fingerprint density at radius 1 is 1.15 bits per heavy atom. The van der Waals surface area contributed by atoms with Crippen molar-refractivity contribution in [1.82, 2.24) is 4.98 Å². The molecule has 0 unspecified atom stereocenters. The van der Waals surface area contributed by atoms with Crippen molar-refractivity contribution in [3.8, 4) is 0 Å². The molecule has 20 heavy (non-hydrogen) atoms. The number of nitrogens with one attached hydrogen (secondary N) is 1. The van der Waals surface area contributed by atoms with E-state index in [9.17, 15) is 0 Å². The second kappa shape index (κ2) is 5.71. The lowest BCUT2D eigenvalue weighted by Gasteiger charge is -2.18. The van der Waals surface area contributed by atoms with Crippen LogP contribution in [-0.2, 0) is 0 Å². The molecule has 1 aromatic carbocycles. The Balaban J connectivity index is 1.74. The van der Waals surface area contributed by atoms with Crippen LogP contribution >= 0.6 is 15.9 Å². The molecule has 0 radical (unpaired) electrons. The minimum atomic E-state index is 0.628. The van der Waals surface area contributed by atoms with Gasteiger partial charge in [-0.15, -0.1) is 0 Å². The lowest BCUT2D eigenvalue weighted by atomic mass is 10.2. The number of nitrogens with two attached hydrogens (primary N) is 1. The van der Waals surface area contributed by atoms with Gasteiger partial charge in [0, 0.05) is 35.1 Å². The largest absolute Gasteiger partial charge is 0.396 e. The Hall–Kier alpha value is -1.75. The standard InChI is InChI=1S/C15H17BrN4/c16-11-9-14(17)15(18-10-11)19-12-3-5-13(6-4-12)20-7-1-2-8-20/h3-6,9-10H,1-2,7-8,17H2,(H,18,19). The second-order valence-corrected chi connectivity index (χ2v) is 5.87. The van der Waals surface area contributed by atoms with E-state index in [2.05, 4.69) is 55.4 Å². The summed E-state index contributed by atoms with van der Waals surface area (Å²) in [5, 5.41) is 3.24. The number of pyridine rings is 1. The van der Waals surface area contributed by atoms with Crippen molar-refractivity contribution in [3.63, 3.8) is 0 Å². The van der Waals surface area contributed by atoms with Crippen LogP contribution in [0, 0.1) is 0 Å². The molecule has 2 aromatic rings. The third-order valence-corrected chi connectivity index (χ3v) is 3.92. The molecule has 0 spiro atoms. The predicted octanol–water partition coefficient (Wildman–Crippen LogP) is 3.77. The van der Waals surface area contributed by atoms with Crippen LogP contribution in [0.25, 0.3) is 0 Å². The number of aromatic nitrogens is 1. The van der Waals surface area contributed by atoms with Crippen LogP contribution in [0.5, 0.6) is 0 Å². The van der Waals surface area contributed by atoms with Crippen molar-refractivity contribution in [2.24, 2.45) is 0 Å². The van der Waals surface area contributed by atoms with E-state index in [1.165, 1.54) is 18.5 Å². The van der Waals surface area contributed by atoms with Crippen molar-refractivity contribution in [3.05, 3.63) is 41.0 Å². The molecule has 0 saturated carbocycles. The molecular formula is C15H17BrN4. The molecule has 1 saturated heterocycles. The molecule has 3 N–H and O–H groups in total. The normalized spacial score (nSPS) is 14.6. The van der Waals surface area contributed by atoms with Crippen LogP contribution in [0.4, 0.5) is 22.9 Å². The maximum atomic E-state index is 5.94. The average molecular weight is 333 g/mol. The summed E-state index contributed by atoms with van der Waals surface area (Å²) >= 11 is 3.35. The summed E-state index contributed by atoms with van der Waals surface area (Å²) in [5.41, 5.74) is 8.84. The number of nitrogens with zero attached hydrogens (tertiary/aromatic N) is 2. The van der Waals surface area contributed by atoms with Gasteiger partial charge in [0.1, 0.15) is 0 Å². The van der Waals surface area contributed by atoms with E-state index in [1.54, 1.807) is 6.20 Å². The molecule has 104 valence electrons. The van der Waals surface area contributed by atoms with Crippen molar-refractivity contribution in [2.45, 2.75) is 12.8 Å². The summed E-state index contributed by atoms with van der Waals surface area (Å²) in [6, 6.07) is 10.3. The van der Waals surface area contributed by atoms with Gasteiger partial charge in [0.05, 0.1) is 5.69 Å². The first-order chi connectivity index (χ1) is 9.72. The quantitative estimate of drug-likeness (QED) is 0.898. The fourth-order valence-electron chi connectivity index (χ4n) is 2.43. The molecular weight excluding hydrogens is 316 g/mol. The molecule has 1 fully saturated rings. The van der Waals surface area contributed by atoms with E-state index in [0.717, 1.165) is 23.2 Å². The van der Waals surface area contributed by atoms with Gasteiger partial charge in [-0.05, 0) is 59.1 Å². The Morgan fingerprint density at radius 2 is 1.85 bits per heavy atom. The maximum Gasteiger partial charge on any atom is 0.153 e. The Labute approximate surface area is 127 Å². The van der Waals surface area contributed by atoms with Crippen LogP contribution in [0.2, 0.25) is 0 Å². The summed E-state index contributed by atoms with van der Waals surface area (Å²) in [6.45, 7) is 2.32. The number of hydrogen-bond donors (Lipinski definition) is 2. The van der Waals surface area contributed by atoms with E-state index in [0.29, 0.717) is 11.5 Å². The first kappa shape index (κ1) is 13.2. The highest BCUT2D eigenvalue weighted by molar-refractivity contribution is 9.10. The first-order valence-electron chi connectivity index (χ1n) is 6.75. The highest BCUT2D eigenvalue weighted by atomic mass is 79.9. The predicted molar refractivity (Wildman–Crippen MR) is 87.5 cm³/mol. The van der Waals surface area contributed by atoms with E-state index in [4.69, 9.17) is 5.73 Å². The lowest BCUT2D eigenvalue weighted by molar-refractivity contribution is 0.949. The number of halogens is 1. The monoisotopic (exact) mass is 332 g/mol. The summed E-state index contributed by atoms with van der Waals surface area (Å²) in [7, 11) is 0. The topological polar surface area (TPSA) is 54.2 Å². The molecule has 0 aliphatic carbocycles. The summed E-state index contributed by atoms with van der Waals surface area (Å²) in [4.78, 5) is 6.69. The number of hydrogen-bond acceptors (Lipinski definition) is 4. The van der Waals surface area contributed by atoms with Crippen LogP contribution in [0.3, 0.4) is 0 Å². The van der Waals surface area contributed by atoms with Gasteiger partial charge in [-0.1, -0.05) is 0 Å². The molecule has 0 atom stereocenters. The van der Waals surface area contributed by atoms with Crippen LogP contribution in [0.15, 0.2) is 41.0 Å². The first-order valence-corrected chi connectivity index (χ1v) is 7.55. The smallest absolute Gasteiger partial charge is 0.153 e. The third-order valence-electron chi connectivity index (χ3n) is 3.49. The van der Waals surface area contributed by atoms with Gasteiger partial charge in [-0.25, -0.2) is 4.98 Å². The summed E-state index contributed by atoms with van der Waals surface area (Å²) < 4.78 is 0.880. The zero-order valence-corrected chi connectivity index (χ0v) is 12.7. The van der Waals surface area contributed by atoms with E-state index in [-0.39, 0.29) is 0 Å². The molecule has 4 nitrogen and oxygen atoms in total. The van der Waals surface area contributed by atoms with Crippen LogP contribution in [0.1, 0.15) is 12.8 Å². The highest BCUT2D eigenvalue weighted by Gasteiger charge is 2.11. The van der Waals surface area contributed by atoms with Gasteiger partial charge in [0.15, 0.2) is 5.82 Å². The molecule has 3 rings (SSSR count). The number of rotatable bonds is 3. The SMILES string of the molecule is Nc1cc(Br)cnc1Nc1ccc(N2CCCC2)cc1. The number of anilines is 4. The fourth-order valence-corrected chi connectivity index (χ4v) is 2.78. The maximum absolute atomic E-state index is 5.94. The zero-order chi connectivity index (χ0) is 13.9. The van der Waals surface area contributed by atoms with Crippen LogP contribution in [-0.4, -0.2) is 18.1 Å². The van der Waals surface area contributed by atoms with Gasteiger partial charge in [0.25, 0.3) is 0 Å². The highest BCUT2D eigenvalue weighted by Crippen LogP contribution is 2.26. The lowest BCUT2D eigenvalue weighted by Crippen LogP contribution is -2.17. The van der Waals surface area contributed by atoms with Crippen molar-refractivity contribution in [2.75, 3.05) is 29.0 Å². The second-order valence-electron chi connectivity index (χ2n) is 4.96. The Bertz CT molecular complexity index is 591. The molecule has 2 heterocycles. The van der Waals surface area contributed by atoms with Crippen molar-refractivity contribution >= 4 is 38.8 Å². The summed E-state index contributed by atoms with van der Waals surface area (Å²) in [6.07, 6.45) is 4.32. The average Bonchev–Trinajstić information content (AvgIpc) is 2.97. The van der Waals surface area contributed by atoms with Gasteiger partial charge in [-0.3, -0.25) is 0 Å². The molecule has 1 aliphatic heterocycles. The molecule has 5 heteroatoms. The molecule has 0 bridgehead atoms. The number of nitrogen functional groups attached to an aromatic ring is 1. The van der Waals surface area contributed by atoms with Gasteiger partial charge >= 0.3 is 0 Å². The third kappa shape index (κ3) is 2.88. The van der Waals surface area contributed by atoms with Crippen LogP contribution < -0.4 is 16.0 Å². The fraction of sp³-hybridized carbons (Fsp3) is 0.267.